The molecule has 0 aliphatic carbocycles. The Kier molecular flexibility index (Phi) is 4.95. The second-order valence-corrected chi connectivity index (χ2v) is 5.62. The molecular weight excluding hydrogens is 339 g/mol. The van der Waals surface area contributed by atoms with Crippen molar-refractivity contribution >= 4 is 16.5 Å². The van der Waals surface area contributed by atoms with Gasteiger partial charge in [-0.15, -0.1) is 11.3 Å². The number of alkyl halides is 2. The van der Waals surface area contributed by atoms with Gasteiger partial charge in [-0.1, -0.05) is 0 Å². The Morgan fingerprint density at radius 3 is 2.58 bits per heavy atom. The Morgan fingerprint density at radius 1 is 1.12 bits per heavy atom. The number of halogens is 3. The Balaban J connectivity index is 1.60. The largest absolute Gasteiger partial charge is 0.433 e. The van der Waals surface area contributed by atoms with Gasteiger partial charge >= 0.3 is 6.61 Å². The third-order valence-corrected chi connectivity index (χ3v) is 3.89. The van der Waals surface area contributed by atoms with Gasteiger partial charge in [0.05, 0.1) is 24.1 Å². The fourth-order valence-corrected chi connectivity index (χ4v) is 2.68. The smallest absolute Gasteiger partial charge is 0.387 e. The third kappa shape index (κ3) is 4.23. The summed E-state index contributed by atoms with van der Waals surface area (Å²) in [4.78, 5) is 8.45. The lowest BCUT2D eigenvalue weighted by atomic mass is 10.2. The highest BCUT2D eigenvalue weighted by atomic mass is 32.1. The molecule has 24 heavy (non-hydrogen) atoms. The number of hydrogen-bond donors (Lipinski definition) is 1. The monoisotopic (exact) mass is 351 g/mol. The van der Waals surface area contributed by atoms with Gasteiger partial charge in [-0.2, -0.15) is 8.78 Å². The molecular formula is C16H12F3N3OS. The van der Waals surface area contributed by atoms with Crippen LogP contribution in [-0.2, 0) is 6.54 Å². The first-order chi connectivity index (χ1) is 11.6. The van der Waals surface area contributed by atoms with Crippen molar-refractivity contribution in [1.29, 1.82) is 0 Å². The number of pyridine rings is 1. The highest BCUT2D eigenvalue weighted by Crippen LogP contribution is 2.25. The van der Waals surface area contributed by atoms with Crippen LogP contribution >= 0.6 is 11.3 Å². The summed E-state index contributed by atoms with van der Waals surface area (Å²) < 4.78 is 41.3. The van der Waals surface area contributed by atoms with E-state index in [0.29, 0.717) is 17.4 Å². The summed E-state index contributed by atoms with van der Waals surface area (Å²) in [6.07, 6.45) is 1.25. The number of nitrogens with zero attached hydrogens (tertiary/aromatic N) is 2. The Morgan fingerprint density at radius 2 is 1.92 bits per heavy atom. The molecule has 0 spiro atoms. The van der Waals surface area contributed by atoms with Crippen molar-refractivity contribution in [2.24, 2.45) is 0 Å². The van der Waals surface area contributed by atoms with Crippen molar-refractivity contribution in [2.75, 3.05) is 5.32 Å². The number of benzene rings is 1. The highest BCUT2D eigenvalue weighted by molar-refractivity contribution is 7.14. The minimum absolute atomic E-state index is 0.0154. The fourth-order valence-electron chi connectivity index (χ4n) is 1.96. The van der Waals surface area contributed by atoms with Gasteiger partial charge in [-0.25, -0.2) is 9.37 Å². The number of hydrogen-bond acceptors (Lipinski definition) is 5. The third-order valence-electron chi connectivity index (χ3n) is 3.09. The molecule has 3 aromatic rings. The standard InChI is InChI=1S/C16H12F3N3OS/c17-11-3-1-10(2-4-11)14-9-24-16(22-14)21-7-12-5-6-13(8-20-12)23-15(18)19/h1-6,8-9,15H,7H2,(H,21,22). The van der Waals surface area contributed by atoms with Crippen molar-refractivity contribution in [2.45, 2.75) is 13.2 Å². The minimum atomic E-state index is -2.86. The zero-order chi connectivity index (χ0) is 16.9. The Bertz CT molecular complexity index is 791. The molecule has 0 saturated heterocycles. The van der Waals surface area contributed by atoms with Crippen LogP contribution in [0.2, 0.25) is 0 Å². The number of rotatable bonds is 6. The van der Waals surface area contributed by atoms with Crippen molar-refractivity contribution in [3.05, 3.63) is 59.5 Å². The van der Waals surface area contributed by atoms with Crippen LogP contribution in [0.5, 0.6) is 5.75 Å². The number of aromatic nitrogens is 2. The summed E-state index contributed by atoms with van der Waals surface area (Å²) in [5, 5.41) is 5.65. The van der Waals surface area contributed by atoms with Crippen LogP contribution in [0.25, 0.3) is 11.3 Å². The van der Waals surface area contributed by atoms with Gasteiger partial charge in [-0.3, -0.25) is 4.98 Å². The van der Waals surface area contributed by atoms with E-state index in [0.717, 1.165) is 11.3 Å². The van der Waals surface area contributed by atoms with Gasteiger partial charge in [0.25, 0.3) is 0 Å². The topological polar surface area (TPSA) is 47.0 Å². The second-order valence-electron chi connectivity index (χ2n) is 4.76. The summed E-state index contributed by atoms with van der Waals surface area (Å²) in [6, 6.07) is 9.12. The average molecular weight is 351 g/mol. The zero-order valence-electron chi connectivity index (χ0n) is 12.2. The van der Waals surface area contributed by atoms with Crippen LogP contribution in [-0.4, -0.2) is 16.6 Å². The van der Waals surface area contributed by atoms with E-state index in [-0.39, 0.29) is 11.6 Å². The molecule has 2 heterocycles. The molecule has 0 amide bonds. The molecule has 8 heteroatoms. The molecule has 1 aromatic carbocycles. The van der Waals surface area contributed by atoms with E-state index in [9.17, 15) is 13.2 Å². The first-order valence-electron chi connectivity index (χ1n) is 6.95. The lowest BCUT2D eigenvalue weighted by Crippen LogP contribution is -2.04. The number of anilines is 1. The van der Waals surface area contributed by atoms with Crippen LogP contribution in [0.4, 0.5) is 18.3 Å². The predicted molar refractivity (Wildman–Crippen MR) is 85.7 cm³/mol. The quantitative estimate of drug-likeness (QED) is 0.707. The molecule has 0 fully saturated rings. The number of ether oxygens (including phenoxy) is 1. The average Bonchev–Trinajstić information content (AvgIpc) is 3.03. The van der Waals surface area contributed by atoms with Crippen LogP contribution in [0.1, 0.15) is 5.69 Å². The van der Waals surface area contributed by atoms with Crippen LogP contribution in [0, 0.1) is 5.82 Å². The molecule has 4 nitrogen and oxygen atoms in total. The maximum absolute atomic E-state index is 12.9. The second kappa shape index (κ2) is 7.31. The molecule has 2 aromatic heterocycles. The van der Waals surface area contributed by atoms with E-state index in [1.807, 2.05) is 5.38 Å². The van der Waals surface area contributed by atoms with Crippen LogP contribution in [0.15, 0.2) is 48.0 Å². The lowest BCUT2D eigenvalue weighted by Gasteiger charge is -2.05. The summed E-state index contributed by atoms with van der Waals surface area (Å²) in [5.74, 6) is -0.278. The molecule has 0 aliphatic rings. The van der Waals surface area contributed by atoms with Crippen LogP contribution in [0.3, 0.4) is 0 Å². The molecule has 0 bridgehead atoms. The fraction of sp³-hybridized carbons (Fsp3) is 0.125. The van der Waals surface area contributed by atoms with Gasteiger partial charge in [-0.05, 0) is 36.4 Å². The van der Waals surface area contributed by atoms with E-state index >= 15 is 0 Å². The normalized spacial score (nSPS) is 10.8. The van der Waals surface area contributed by atoms with E-state index in [1.165, 1.54) is 35.7 Å². The molecule has 0 unspecified atom stereocenters. The molecule has 3 rings (SSSR count). The summed E-state index contributed by atoms with van der Waals surface area (Å²) in [6.45, 7) is -2.47. The molecule has 0 aliphatic heterocycles. The molecule has 124 valence electrons. The van der Waals surface area contributed by atoms with Crippen molar-refractivity contribution in [3.8, 4) is 17.0 Å². The Hall–Kier alpha value is -2.61. The van der Waals surface area contributed by atoms with E-state index in [1.54, 1.807) is 18.2 Å². The lowest BCUT2D eigenvalue weighted by molar-refractivity contribution is -0.0500. The van der Waals surface area contributed by atoms with E-state index in [4.69, 9.17) is 0 Å². The summed E-state index contributed by atoms with van der Waals surface area (Å²) >= 11 is 1.41. The first kappa shape index (κ1) is 16.3. The summed E-state index contributed by atoms with van der Waals surface area (Å²) in [7, 11) is 0. The molecule has 0 saturated carbocycles. The van der Waals surface area contributed by atoms with Gasteiger partial charge in [0.1, 0.15) is 11.6 Å². The first-order valence-corrected chi connectivity index (χ1v) is 7.83. The van der Waals surface area contributed by atoms with E-state index in [2.05, 4.69) is 20.0 Å². The SMILES string of the molecule is Fc1ccc(-c2csc(NCc3ccc(OC(F)F)cn3)n2)cc1. The van der Waals surface area contributed by atoms with E-state index < -0.39 is 6.61 Å². The maximum Gasteiger partial charge on any atom is 0.387 e. The van der Waals surface area contributed by atoms with Gasteiger partial charge in [0, 0.05) is 10.9 Å². The number of thiazole rings is 1. The molecule has 0 radical (unpaired) electrons. The number of nitrogens with one attached hydrogen (secondary N) is 1. The van der Waals surface area contributed by atoms with Crippen molar-refractivity contribution in [3.63, 3.8) is 0 Å². The van der Waals surface area contributed by atoms with Crippen molar-refractivity contribution in [1.82, 2.24) is 9.97 Å². The highest BCUT2D eigenvalue weighted by Gasteiger charge is 2.07. The Labute approximate surface area is 140 Å². The van der Waals surface area contributed by atoms with Gasteiger partial charge in [0.15, 0.2) is 5.13 Å². The molecule has 0 atom stereocenters. The molecule has 1 N–H and O–H groups in total. The zero-order valence-corrected chi connectivity index (χ0v) is 13.1. The van der Waals surface area contributed by atoms with Gasteiger partial charge < -0.3 is 10.1 Å². The predicted octanol–water partition coefficient (Wildman–Crippen LogP) is 4.56. The van der Waals surface area contributed by atoms with Gasteiger partial charge in [0.2, 0.25) is 0 Å². The van der Waals surface area contributed by atoms with Crippen LogP contribution < -0.4 is 10.1 Å². The summed E-state index contributed by atoms with van der Waals surface area (Å²) in [5.41, 5.74) is 2.23. The maximum atomic E-state index is 12.9. The minimum Gasteiger partial charge on any atom is -0.433 e. The van der Waals surface area contributed by atoms with Crippen molar-refractivity contribution < 1.29 is 17.9 Å².